The number of benzene rings is 1. The van der Waals surface area contributed by atoms with E-state index in [4.69, 9.17) is 9.47 Å². The van der Waals surface area contributed by atoms with Gasteiger partial charge in [-0.2, -0.15) is 0 Å². The quantitative estimate of drug-likeness (QED) is 0.777. The summed E-state index contributed by atoms with van der Waals surface area (Å²) in [5.74, 6) is -0.501. The number of hydrogen-bond donors (Lipinski definition) is 0. The molecule has 0 N–H and O–H groups in total. The lowest BCUT2D eigenvalue weighted by Crippen LogP contribution is -2.36. The molecule has 1 saturated heterocycles. The van der Waals surface area contributed by atoms with Crippen molar-refractivity contribution >= 4 is 11.9 Å². The smallest absolute Gasteiger partial charge is 0.337 e. The van der Waals surface area contributed by atoms with Crippen LogP contribution in [-0.2, 0) is 20.8 Å². The van der Waals surface area contributed by atoms with Crippen LogP contribution in [0.4, 0.5) is 0 Å². The molecule has 1 aliphatic heterocycles. The van der Waals surface area contributed by atoms with Crippen LogP contribution in [0.3, 0.4) is 0 Å². The van der Waals surface area contributed by atoms with Gasteiger partial charge in [-0.15, -0.1) is 0 Å². The first-order chi connectivity index (χ1) is 10.2. The maximum Gasteiger partial charge on any atom is 0.337 e. The first-order valence-corrected chi connectivity index (χ1v) is 7.23. The highest BCUT2D eigenvalue weighted by Gasteiger charge is 2.31. The van der Waals surface area contributed by atoms with Gasteiger partial charge in [0.05, 0.1) is 19.3 Å². The van der Waals surface area contributed by atoms with Crippen molar-refractivity contribution in [2.24, 2.45) is 0 Å². The minimum Gasteiger partial charge on any atom is -0.465 e. The third-order valence-electron chi connectivity index (χ3n) is 3.66. The maximum absolute atomic E-state index is 11.9. The zero-order valence-electron chi connectivity index (χ0n) is 12.5. The number of methoxy groups -OCH3 is 1. The Morgan fingerprint density at radius 2 is 2.19 bits per heavy atom. The van der Waals surface area contributed by atoms with Crippen molar-refractivity contribution in [3.63, 3.8) is 0 Å². The SMILES string of the molecule is CCOC(=O)C1CCCN1Cc1cccc(C(=O)OC)c1. The summed E-state index contributed by atoms with van der Waals surface area (Å²) in [5.41, 5.74) is 1.52. The van der Waals surface area contributed by atoms with Crippen LogP contribution in [0.5, 0.6) is 0 Å². The van der Waals surface area contributed by atoms with Crippen LogP contribution in [0.2, 0.25) is 0 Å². The second-order valence-electron chi connectivity index (χ2n) is 5.07. The molecule has 0 bridgehead atoms. The van der Waals surface area contributed by atoms with Crippen LogP contribution in [0.15, 0.2) is 24.3 Å². The Kier molecular flexibility index (Phi) is 5.33. The molecule has 2 rings (SSSR count). The number of rotatable bonds is 5. The molecule has 1 fully saturated rings. The van der Waals surface area contributed by atoms with Crippen molar-refractivity contribution in [3.8, 4) is 0 Å². The Balaban J connectivity index is 2.06. The van der Waals surface area contributed by atoms with Gasteiger partial charge in [-0.1, -0.05) is 12.1 Å². The summed E-state index contributed by atoms with van der Waals surface area (Å²) in [6.07, 6.45) is 1.82. The Bertz CT molecular complexity index is 515. The fourth-order valence-electron chi connectivity index (χ4n) is 2.67. The first-order valence-electron chi connectivity index (χ1n) is 7.23. The molecule has 114 valence electrons. The number of carbonyl (C=O) groups excluding carboxylic acids is 2. The summed E-state index contributed by atoms with van der Waals surface area (Å²) in [6.45, 7) is 3.72. The van der Waals surface area contributed by atoms with Gasteiger partial charge < -0.3 is 9.47 Å². The molecule has 1 unspecified atom stereocenters. The fourth-order valence-corrected chi connectivity index (χ4v) is 2.67. The van der Waals surface area contributed by atoms with E-state index in [0.29, 0.717) is 18.7 Å². The summed E-state index contributed by atoms with van der Waals surface area (Å²) in [7, 11) is 1.37. The van der Waals surface area contributed by atoms with E-state index in [9.17, 15) is 9.59 Å². The normalized spacial score (nSPS) is 18.5. The van der Waals surface area contributed by atoms with Crippen LogP contribution in [0.25, 0.3) is 0 Å². The van der Waals surface area contributed by atoms with E-state index in [1.807, 2.05) is 25.1 Å². The molecule has 0 saturated carbocycles. The van der Waals surface area contributed by atoms with E-state index in [2.05, 4.69) is 4.90 Å². The Labute approximate surface area is 124 Å². The van der Waals surface area contributed by atoms with Gasteiger partial charge in [0.1, 0.15) is 6.04 Å². The van der Waals surface area contributed by atoms with Gasteiger partial charge in [-0.05, 0) is 44.0 Å². The highest BCUT2D eigenvalue weighted by molar-refractivity contribution is 5.89. The van der Waals surface area contributed by atoms with Crippen molar-refractivity contribution in [1.29, 1.82) is 0 Å². The first kappa shape index (κ1) is 15.5. The number of esters is 2. The zero-order valence-corrected chi connectivity index (χ0v) is 12.5. The summed E-state index contributed by atoms with van der Waals surface area (Å²) in [4.78, 5) is 25.6. The van der Waals surface area contributed by atoms with E-state index in [1.54, 1.807) is 6.07 Å². The predicted molar refractivity (Wildman–Crippen MR) is 77.8 cm³/mol. The average Bonchev–Trinajstić information content (AvgIpc) is 2.95. The van der Waals surface area contributed by atoms with Crippen LogP contribution in [0, 0.1) is 0 Å². The summed E-state index contributed by atoms with van der Waals surface area (Å²) in [6, 6.07) is 7.14. The molecule has 0 radical (unpaired) electrons. The second-order valence-corrected chi connectivity index (χ2v) is 5.07. The molecular formula is C16H21NO4. The third-order valence-corrected chi connectivity index (χ3v) is 3.66. The molecule has 0 spiro atoms. The van der Waals surface area contributed by atoms with Gasteiger partial charge in [-0.25, -0.2) is 4.79 Å². The lowest BCUT2D eigenvalue weighted by molar-refractivity contribution is -0.148. The van der Waals surface area contributed by atoms with Gasteiger partial charge in [0.15, 0.2) is 0 Å². The molecule has 1 aromatic carbocycles. The standard InChI is InChI=1S/C16H21NO4/c1-3-21-16(19)14-8-5-9-17(14)11-12-6-4-7-13(10-12)15(18)20-2/h4,6-7,10,14H,3,5,8-9,11H2,1-2H3. The van der Waals surface area contributed by atoms with Gasteiger partial charge in [0, 0.05) is 6.54 Å². The molecule has 1 aliphatic rings. The molecule has 0 amide bonds. The minimum atomic E-state index is -0.347. The number of hydrogen-bond acceptors (Lipinski definition) is 5. The van der Waals surface area contributed by atoms with E-state index in [1.165, 1.54) is 7.11 Å². The summed E-state index contributed by atoms with van der Waals surface area (Å²) >= 11 is 0. The average molecular weight is 291 g/mol. The van der Waals surface area contributed by atoms with Gasteiger partial charge in [-0.3, -0.25) is 9.69 Å². The molecule has 1 heterocycles. The van der Waals surface area contributed by atoms with E-state index in [-0.39, 0.29) is 18.0 Å². The Morgan fingerprint density at radius 3 is 2.90 bits per heavy atom. The molecule has 5 heteroatoms. The number of carbonyl (C=O) groups is 2. The van der Waals surface area contributed by atoms with Crippen molar-refractivity contribution in [2.45, 2.75) is 32.4 Å². The molecular weight excluding hydrogens is 270 g/mol. The highest BCUT2D eigenvalue weighted by Crippen LogP contribution is 2.21. The Morgan fingerprint density at radius 1 is 1.38 bits per heavy atom. The van der Waals surface area contributed by atoms with Crippen LogP contribution >= 0.6 is 0 Å². The summed E-state index contributed by atoms with van der Waals surface area (Å²) in [5, 5.41) is 0. The van der Waals surface area contributed by atoms with Crippen LogP contribution in [-0.4, -0.2) is 43.1 Å². The lowest BCUT2D eigenvalue weighted by atomic mass is 10.1. The van der Waals surface area contributed by atoms with E-state index < -0.39 is 0 Å². The molecule has 5 nitrogen and oxygen atoms in total. The third kappa shape index (κ3) is 3.82. The van der Waals surface area contributed by atoms with Crippen LogP contribution < -0.4 is 0 Å². The van der Waals surface area contributed by atoms with Gasteiger partial charge in [0.2, 0.25) is 0 Å². The monoisotopic (exact) mass is 291 g/mol. The van der Waals surface area contributed by atoms with Crippen molar-refractivity contribution in [3.05, 3.63) is 35.4 Å². The van der Waals surface area contributed by atoms with Crippen molar-refractivity contribution in [2.75, 3.05) is 20.3 Å². The van der Waals surface area contributed by atoms with Crippen molar-refractivity contribution < 1.29 is 19.1 Å². The minimum absolute atomic E-state index is 0.154. The van der Waals surface area contributed by atoms with Gasteiger partial charge >= 0.3 is 11.9 Å². The van der Waals surface area contributed by atoms with Crippen molar-refractivity contribution in [1.82, 2.24) is 4.90 Å². The number of likely N-dealkylation sites (tertiary alicyclic amines) is 1. The van der Waals surface area contributed by atoms with E-state index >= 15 is 0 Å². The maximum atomic E-state index is 11.9. The molecule has 1 atom stereocenters. The van der Waals surface area contributed by atoms with Gasteiger partial charge in [0.25, 0.3) is 0 Å². The predicted octanol–water partition coefficient (Wildman–Crippen LogP) is 2.00. The zero-order chi connectivity index (χ0) is 15.2. The van der Waals surface area contributed by atoms with E-state index in [0.717, 1.165) is 24.9 Å². The molecule has 21 heavy (non-hydrogen) atoms. The second kappa shape index (κ2) is 7.22. The lowest BCUT2D eigenvalue weighted by Gasteiger charge is -2.22. The van der Waals surface area contributed by atoms with Crippen LogP contribution in [0.1, 0.15) is 35.7 Å². The molecule has 0 aromatic heterocycles. The number of nitrogens with zero attached hydrogens (tertiary/aromatic N) is 1. The summed E-state index contributed by atoms with van der Waals surface area (Å²) < 4.78 is 9.84. The highest BCUT2D eigenvalue weighted by atomic mass is 16.5. The topological polar surface area (TPSA) is 55.8 Å². The molecule has 0 aliphatic carbocycles. The number of ether oxygens (including phenoxy) is 2. The Hall–Kier alpha value is -1.88. The molecule has 1 aromatic rings. The largest absolute Gasteiger partial charge is 0.465 e. The fraction of sp³-hybridized carbons (Fsp3) is 0.500.